The third-order valence-electron chi connectivity index (χ3n) is 4.31. The van der Waals surface area contributed by atoms with E-state index in [1.165, 1.54) is 17.0 Å². The molecule has 0 aliphatic carbocycles. The zero-order valence-corrected chi connectivity index (χ0v) is 16.9. The number of rotatable bonds is 8. The van der Waals surface area contributed by atoms with Gasteiger partial charge in [-0.25, -0.2) is 14.2 Å². The summed E-state index contributed by atoms with van der Waals surface area (Å²) in [5.41, 5.74) is 0.549. The van der Waals surface area contributed by atoms with Crippen LogP contribution in [0.2, 0.25) is 0 Å². The van der Waals surface area contributed by atoms with Crippen LogP contribution in [0.5, 0.6) is 0 Å². The summed E-state index contributed by atoms with van der Waals surface area (Å²) >= 11 is 1.10. The zero-order valence-electron chi connectivity index (χ0n) is 16.1. The molecule has 1 N–H and O–H groups in total. The Morgan fingerprint density at radius 3 is 2.86 bits per heavy atom. The first-order chi connectivity index (χ1) is 13.9. The molecule has 1 atom stereocenters. The van der Waals surface area contributed by atoms with Crippen LogP contribution in [0, 0.1) is 12.7 Å². The lowest BCUT2D eigenvalue weighted by atomic mass is 10.2. The number of aliphatic hydroxyl groups is 1. The Morgan fingerprint density at radius 1 is 1.38 bits per heavy atom. The van der Waals surface area contributed by atoms with Gasteiger partial charge in [-0.2, -0.15) is 0 Å². The topological polar surface area (TPSA) is 90.7 Å². The fourth-order valence-electron chi connectivity index (χ4n) is 2.88. The molecule has 2 heterocycles. The standard InChI is InChI=1S/C20H21FN2O5S/c1-3-28-20(26)17-12(2)16-18(29-17)22-11-23(19(16)25)8-14(24)10-27-9-13-6-4-5-7-15(13)21/h4-7,11,14,24H,3,8-10H2,1-2H3/t14-/m1/s1. The van der Waals surface area contributed by atoms with E-state index in [2.05, 4.69) is 4.98 Å². The number of thiophene rings is 1. The molecule has 0 spiro atoms. The van der Waals surface area contributed by atoms with Gasteiger partial charge in [0.2, 0.25) is 0 Å². The summed E-state index contributed by atoms with van der Waals surface area (Å²) in [6, 6.07) is 6.23. The van der Waals surface area contributed by atoms with E-state index < -0.39 is 12.1 Å². The van der Waals surface area contributed by atoms with E-state index in [4.69, 9.17) is 9.47 Å². The maximum atomic E-state index is 13.6. The fourth-order valence-corrected chi connectivity index (χ4v) is 3.91. The second kappa shape index (κ2) is 9.25. The normalized spacial score (nSPS) is 12.3. The number of hydrogen-bond donors (Lipinski definition) is 1. The van der Waals surface area contributed by atoms with Crippen molar-refractivity contribution >= 4 is 27.5 Å². The van der Waals surface area contributed by atoms with Gasteiger partial charge in [-0.3, -0.25) is 9.36 Å². The molecule has 154 valence electrons. The Balaban J connectivity index is 1.70. The number of carbonyl (C=O) groups is 1. The zero-order chi connectivity index (χ0) is 21.0. The predicted molar refractivity (Wildman–Crippen MR) is 107 cm³/mol. The van der Waals surface area contributed by atoms with E-state index in [0.717, 1.165) is 11.3 Å². The minimum Gasteiger partial charge on any atom is -0.462 e. The van der Waals surface area contributed by atoms with Crippen molar-refractivity contribution < 1.29 is 23.8 Å². The van der Waals surface area contributed by atoms with Gasteiger partial charge in [-0.05, 0) is 25.5 Å². The summed E-state index contributed by atoms with van der Waals surface area (Å²) in [4.78, 5) is 29.8. The van der Waals surface area contributed by atoms with E-state index in [9.17, 15) is 19.1 Å². The maximum Gasteiger partial charge on any atom is 0.348 e. The molecule has 0 unspecified atom stereocenters. The van der Waals surface area contributed by atoms with Crippen LogP contribution >= 0.6 is 11.3 Å². The lowest BCUT2D eigenvalue weighted by molar-refractivity contribution is 0.0189. The molecule has 29 heavy (non-hydrogen) atoms. The predicted octanol–water partition coefficient (Wildman–Crippen LogP) is 2.66. The van der Waals surface area contributed by atoms with Gasteiger partial charge >= 0.3 is 5.97 Å². The summed E-state index contributed by atoms with van der Waals surface area (Å²) in [6.45, 7) is 3.53. The van der Waals surface area contributed by atoms with Crippen LogP contribution in [0.4, 0.5) is 4.39 Å². The molecule has 0 radical (unpaired) electrons. The number of fused-ring (bicyclic) bond motifs is 1. The molecule has 3 rings (SSSR count). The highest BCUT2D eigenvalue weighted by atomic mass is 32.1. The Kier molecular flexibility index (Phi) is 6.73. The number of halogens is 1. The Labute approximate surface area is 170 Å². The van der Waals surface area contributed by atoms with Crippen molar-refractivity contribution in [3.8, 4) is 0 Å². The summed E-state index contributed by atoms with van der Waals surface area (Å²) in [6.07, 6.45) is 0.345. The van der Waals surface area contributed by atoms with Crippen LogP contribution in [0.3, 0.4) is 0 Å². The second-order valence-corrected chi connectivity index (χ2v) is 7.42. The summed E-state index contributed by atoms with van der Waals surface area (Å²) < 4.78 is 25.2. The largest absolute Gasteiger partial charge is 0.462 e. The van der Waals surface area contributed by atoms with E-state index in [0.29, 0.717) is 26.2 Å². The number of carbonyl (C=O) groups excluding carboxylic acids is 1. The molecule has 0 fully saturated rings. The number of nitrogens with zero attached hydrogens (tertiary/aromatic N) is 2. The van der Waals surface area contributed by atoms with Crippen molar-refractivity contribution in [2.75, 3.05) is 13.2 Å². The van der Waals surface area contributed by atoms with Gasteiger partial charge in [0.05, 0.1) is 44.2 Å². The Hall–Kier alpha value is -2.62. The van der Waals surface area contributed by atoms with Crippen molar-refractivity contribution in [3.05, 3.63) is 62.8 Å². The summed E-state index contributed by atoms with van der Waals surface area (Å²) in [7, 11) is 0. The molecule has 2 aromatic heterocycles. The molecule has 0 amide bonds. The van der Waals surface area contributed by atoms with Gasteiger partial charge in [-0.15, -0.1) is 11.3 Å². The minimum absolute atomic E-state index is 0.0163. The van der Waals surface area contributed by atoms with Crippen LogP contribution in [0.25, 0.3) is 10.2 Å². The third kappa shape index (κ3) is 4.69. The smallest absolute Gasteiger partial charge is 0.348 e. The van der Waals surface area contributed by atoms with Crippen molar-refractivity contribution in [1.29, 1.82) is 0 Å². The van der Waals surface area contributed by atoms with Gasteiger partial charge in [-0.1, -0.05) is 18.2 Å². The number of hydrogen-bond acceptors (Lipinski definition) is 7. The van der Waals surface area contributed by atoms with Crippen LogP contribution < -0.4 is 5.56 Å². The van der Waals surface area contributed by atoms with Crippen LogP contribution in [0.1, 0.15) is 27.7 Å². The number of esters is 1. The monoisotopic (exact) mass is 420 g/mol. The van der Waals surface area contributed by atoms with Crippen molar-refractivity contribution in [2.45, 2.75) is 33.1 Å². The van der Waals surface area contributed by atoms with E-state index in [1.54, 1.807) is 32.0 Å². The maximum absolute atomic E-state index is 13.6. The lowest BCUT2D eigenvalue weighted by Crippen LogP contribution is -2.29. The van der Waals surface area contributed by atoms with Gasteiger partial charge in [0.1, 0.15) is 15.5 Å². The Bertz CT molecular complexity index is 1080. The molecule has 0 aliphatic heterocycles. The van der Waals surface area contributed by atoms with Crippen LogP contribution in [-0.2, 0) is 22.6 Å². The highest BCUT2D eigenvalue weighted by Crippen LogP contribution is 2.27. The molecule has 9 heteroatoms. The average Bonchev–Trinajstić information content (AvgIpc) is 3.03. The molecule has 7 nitrogen and oxygen atoms in total. The molecular weight excluding hydrogens is 399 g/mol. The van der Waals surface area contributed by atoms with E-state index in [-0.39, 0.29) is 37.7 Å². The fraction of sp³-hybridized carbons (Fsp3) is 0.350. The highest BCUT2D eigenvalue weighted by molar-refractivity contribution is 7.20. The van der Waals surface area contributed by atoms with Crippen LogP contribution in [0.15, 0.2) is 35.4 Å². The molecule has 0 bridgehead atoms. The Morgan fingerprint density at radius 2 is 2.14 bits per heavy atom. The molecule has 1 aromatic carbocycles. The van der Waals surface area contributed by atoms with E-state index in [1.807, 2.05) is 0 Å². The number of aliphatic hydroxyl groups excluding tert-OH is 1. The number of aryl methyl sites for hydroxylation is 1. The number of ether oxygens (including phenoxy) is 2. The lowest BCUT2D eigenvalue weighted by Gasteiger charge is -2.13. The van der Waals surface area contributed by atoms with E-state index >= 15 is 0 Å². The minimum atomic E-state index is -0.984. The molecular formula is C20H21FN2O5S. The number of benzene rings is 1. The molecule has 0 aliphatic rings. The summed E-state index contributed by atoms with van der Waals surface area (Å²) in [5, 5.41) is 10.5. The quantitative estimate of drug-likeness (QED) is 0.564. The first kappa shape index (κ1) is 21.1. The van der Waals surface area contributed by atoms with Crippen molar-refractivity contribution in [2.24, 2.45) is 0 Å². The SMILES string of the molecule is CCOC(=O)c1sc2ncn(C[C@@H](O)COCc3ccccc3F)c(=O)c2c1C. The van der Waals surface area contributed by atoms with Crippen LogP contribution in [-0.4, -0.2) is 39.9 Å². The van der Waals surface area contributed by atoms with Gasteiger partial charge < -0.3 is 14.6 Å². The number of aromatic nitrogens is 2. The first-order valence-electron chi connectivity index (χ1n) is 9.07. The second-order valence-electron chi connectivity index (χ2n) is 6.42. The molecule has 0 saturated heterocycles. The summed E-state index contributed by atoms with van der Waals surface area (Å²) in [5.74, 6) is -0.862. The van der Waals surface area contributed by atoms with Crippen molar-refractivity contribution in [1.82, 2.24) is 9.55 Å². The first-order valence-corrected chi connectivity index (χ1v) is 9.88. The average molecular weight is 420 g/mol. The van der Waals surface area contributed by atoms with Gasteiger partial charge in [0.15, 0.2) is 0 Å². The van der Waals surface area contributed by atoms with Gasteiger partial charge in [0, 0.05) is 5.56 Å². The molecule has 3 aromatic rings. The third-order valence-corrected chi connectivity index (χ3v) is 5.49. The van der Waals surface area contributed by atoms with Crippen molar-refractivity contribution in [3.63, 3.8) is 0 Å². The highest BCUT2D eigenvalue weighted by Gasteiger charge is 2.21. The molecule has 0 saturated carbocycles. The van der Waals surface area contributed by atoms with Gasteiger partial charge in [0.25, 0.3) is 5.56 Å².